The van der Waals surface area contributed by atoms with Crippen LogP contribution < -0.4 is 10.2 Å². The number of hydrogen-bond acceptors (Lipinski definition) is 3. The van der Waals surface area contributed by atoms with E-state index >= 15 is 0 Å². The van der Waals surface area contributed by atoms with Gasteiger partial charge in [-0.3, -0.25) is 4.79 Å². The summed E-state index contributed by atoms with van der Waals surface area (Å²) in [5.74, 6) is 0.280. The van der Waals surface area contributed by atoms with Crippen LogP contribution in [0.3, 0.4) is 0 Å². The van der Waals surface area contributed by atoms with Crippen LogP contribution in [0.25, 0.3) is 0 Å². The zero-order valence-corrected chi connectivity index (χ0v) is 17.5. The molecule has 26 heavy (non-hydrogen) atoms. The first-order chi connectivity index (χ1) is 12.1. The molecule has 2 rings (SSSR count). The number of carbonyl (C=O) groups excluding carboxylic acids is 1. The van der Waals surface area contributed by atoms with Gasteiger partial charge in [0.05, 0.1) is 42.7 Å². The highest BCUT2D eigenvalue weighted by Crippen LogP contribution is 2.28. The van der Waals surface area contributed by atoms with Crippen molar-refractivity contribution >= 4 is 27.5 Å². The number of benzene rings is 1. The fourth-order valence-corrected chi connectivity index (χ4v) is 5.22. The maximum atomic E-state index is 13.0. The monoisotopic (exact) mass is 402 g/mol. The van der Waals surface area contributed by atoms with Crippen LogP contribution in [0.1, 0.15) is 30.6 Å². The van der Waals surface area contributed by atoms with Gasteiger partial charge in [0, 0.05) is 13.1 Å². The van der Waals surface area contributed by atoms with Crippen LogP contribution in [0.4, 0.5) is 0 Å². The highest BCUT2D eigenvalue weighted by molar-refractivity contribution is 7.89. The Hall–Kier alpha value is -1.15. The Morgan fingerprint density at radius 3 is 2.46 bits per heavy atom. The lowest BCUT2D eigenvalue weighted by Gasteiger charge is -2.34. The van der Waals surface area contributed by atoms with Crippen molar-refractivity contribution in [2.24, 2.45) is 11.8 Å². The fraction of sp³-hybridized carbons (Fsp3) is 0.611. The van der Waals surface area contributed by atoms with Gasteiger partial charge >= 0.3 is 0 Å². The van der Waals surface area contributed by atoms with E-state index in [0.717, 1.165) is 13.0 Å². The molecular formula is C18H29ClN3O3S+. The van der Waals surface area contributed by atoms with Gasteiger partial charge in [0.1, 0.15) is 0 Å². The Labute approximate surface area is 161 Å². The summed E-state index contributed by atoms with van der Waals surface area (Å²) in [6, 6.07) is 4.35. The van der Waals surface area contributed by atoms with Gasteiger partial charge in [-0.05, 0) is 36.5 Å². The van der Waals surface area contributed by atoms with Crippen LogP contribution in [0.2, 0.25) is 5.02 Å². The number of likely N-dealkylation sites (N-methyl/N-ethyl adjacent to an activating group) is 1. The maximum Gasteiger partial charge on any atom is 0.253 e. The Balaban J connectivity index is 2.23. The van der Waals surface area contributed by atoms with E-state index in [1.54, 1.807) is 0 Å². The summed E-state index contributed by atoms with van der Waals surface area (Å²) in [6.07, 6.45) is 1.02. The van der Waals surface area contributed by atoms with Gasteiger partial charge in [0.15, 0.2) is 0 Å². The molecule has 0 bridgehead atoms. The van der Waals surface area contributed by atoms with Crippen molar-refractivity contribution in [2.45, 2.75) is 25.2 Å². The molecule has 0 spiro atoms. The molecule has 1 aromatic carbocycles. The molecule has 2 N–H and O–H groups in total. The van der Waals surface area contributed by atoms with Gasteiger partial charge in [-0.2, -0.15) is 4.31 Å². The number of nitrogens with zero attached hydrogens (tertiary/aromatic N) is 1. The molecule has 1 aliphatic heterocycles. The van der Waals surface area contributed by atoms with Crippen LogP contribution in [0.5, 0.6) is 0 Å². The highest BCUT2D eigenvalue weighted by Gasteiger charge is 2.32. The highest BCUT2D eigenvalue weighted by atomic mass is 35.5. The smallest absolute Gasteiger partial charge is 0.253 e. The molecule has 2 atom stereocenters. The Bertz CT molecular complexity index is 742. The molecule has 1 fully saturated rings. The second kappa shape index (κ2) is 8.69. The van der Waals surface area contributed by atoms with Crippen molar-refractivity contribution in [3.8, 4) is 0 Å². The van der Waals surface area contributed by atoms with E-state index in [9.17, 15) is 13.2 Å². The average molecular weight is 403 g/mol. The van der Waals surface area contributed by atoms with Crippen molar-refractivity contribution in [3.63, 3.8) is 0 Å². The lowest BCUT2D eigenvalue weighted by molar-refractivity contribution is -0.856. The number of carbonyl (C=O) groups is 1. The van der Waals surface area contributed by atoms with Crippen molar-refractivity contribution in [1.82, 2.24) is 9.62 Å². The van der Waals surface area contributed by atoms with Gasteiger partial charge in [-0.1, -0.05) is 25.4 Å². The predicted octanol–water partition coefficient (Wildman–Crippen LogP) is 0.881. The third-order valence-electron chi connectivity index (χ3n) is 4.57. The van der Waals surface area contributed by atoms with Gasteiger partial charge < -0.3 is 10.2 Å². The lowest BCUT2D eigenvalue weighted by atomic mass is 9.94. The summed E-state index contributed by atoms with van der Waals surface area (Å²) in [5.41, 5.74) is 0.194. The summed E-state index contributed by atoms with van der Waals surface area (Å²) < 4.78 is 27.6. The van der Waals surface area contributed by atoms with E-state index in [2.05, 4.69) is 19.2 Å². The minimum Gasteiger partial charge on any atom is -0.346 e. The molecule has 1 aromatic rings. The Morgan fingerprint density at radius 2 is 1.88 bits per heavy atom. The number of sulfonamides is 1. The first-order valence-electron chi connectivity index (χ1n) is 8.98. The minimum absolute atomic E-state index is 0.117. The number of piperidine rings is 1. The molecule has 146 valence electrons. The minimum atomic E-state index is -3.64. The standard InChI is InChI=1S/C18H28ClN3O3S/c1-13-9-14(2)12-22(11-13)26(24,25)15-5-6-17(19)16(10-15)18(23)20-7-8-21(3)4/h5-6,10,13-14H,7-9,11-12H2,1-4H3,(H,20,23)/p+1/t13-,14-/m0/s1. The third-order valence-corrected chi connectivity index (χ3v) is 6.72. The van der Waals surface area contributed by atoms with Crippen LogP contribution in [0, 0.1) is 11.8 Å². The molecule has 0 saturated carbocycles. The van der Waals surface area contributed by atoms with Gasteiger partial charge in [-0.25, -0.2) is 8.42 Å². The number of amides is 1. The summed E-state index contributed by atoms with van der Waals surface area (Å²) in [4.78, 5) is 13.7. The van der Waals surface area contributed by atoms with E-state index in [0.29, 0.717) is 31.5 Å². The molecule has 8 heteroatoms. The summed E-state index contributed by atoms with van der Waals surface area (Å²) in [5, 5.41) is 3.04. The van der Waals surface area contributed by atoms with E-state index in [4.69, 9.17) is 11.6 Å². The molecule has 0 aliphatic carbocycles. The van der Waals surface area contributed by atoms with Crippen LogP contribution in [0.15, 0.2) is 23.1 Å². The van der Waals surface area contributed by atoms with E-state index in [1.165, 1.54) is 27.4 Å². The van der Waals surface area contributed by atoms with Gasteiger partial charge in [-0.15, -0.1) is 0 Å². The largest absolute Gasteiger partial charge is 0.346 e. The Morgan fingerprint density at radius 1 is 1.27 bits per heavy atom. The van der Waals surface area contributed by atoms with E-state index < -0.39 is 10.0 Å². The third kappa shape index (κ3) is 5.19. The van der Waals surface area contributed by atoms with Gasteiger partial charge in [0.25, 0.3) is 5.91 Å². The van der Waals surface area contributed by atoms with Crippen LogP contribution in [-0.2, 0) is 10.0 Å². The molecule has 1 saturated heterocycles. The first kappa shape index (κ1) is 21.2. The summed E-state index contributed by atoms with van der Waals surface area (Å²) in [6.45, 7) is 6.39. The van der Waals surface area contributed by atoms with E-state index in [-0.39, 0.29) is 21.4 Å². The Kier molecular flexibility index (Phi) is 7.07. The van der Waals surface area contributed by atoms with Crippen molar-refractivity contribution < 1.29 is 18.1 Å². The topological polar surface area (TPSA) is 70.9 Å². The van der Waals surface area contributed by atoms with Crippen molar-refractivity contribution in [3.05, 3.63) is 28.8 Å². The molecular weight excluding hydrogens is 374 g/mol. The quantitative estimate of drug-likeness (QED) is 0.742. The molecule has 0 aromatic heterocycles. The summed E-state index contributed by atoms with van der Waals surface area (Å²) >= 11 is 6.14. The molecule has 0 unspecified atom stereocenters. The second-order valence-corrected chi connectivity index (χ2v) is 9.97. The lowest BCUT2D eigenvalue weighted by Crippen LogP contribution is -3.06. The number of quaternary nitrogens is 1. The zero-order valence-electron chi connectivity index (χ0n) is 15.9. The van der Waals surface area contributed by atoms with E-state index in [1.807, 2.05) is 14.1 Å². The molecule has 1 heterocycles. The number of nitrogens with one attached hydrogen (secondary N) is 2. The maximum absolute atomic E-state index is 13.0. The molecule has 1 amide bonds. The second-order valence-electron chi connectivity index (χ2n) is 7.62. The molecule has 6 nitrogen and oxygen atoms in total. The number of rotatable bonds is 6. The molecule has 1 aliphatic rings. The number of halogens is 1. The number of hydrogen-bond donors (Lipinski definition) is 2. The average Bonchev–Trinajstić information content (AvgIpc) is 2.53. The predicted molar refractivity (Wildman–Crippen MR) is 103 cm³/mol. The zero-order chi connectivity index (χ0) is 19.5. The summed E-state index contributed by atoms with van der Waals surface area (Å²) in [7, 11) is 0.342. The van der Waals surface area contributed by atoms with Crippen molar-refractivity contribution in [2.75, 3.05) is 40.3 Å². The molecule has 0 radical (unpaired) electrons. The SMILES string of the molecule is C[C@H]1C[C@H](C)CN(S(=O)(=O)c2ccc(Cl)c(C(=O)NCC[NH+](C)C)c2)C1. The normalized spacial score (nSPS) is 21.8. The van der Waals surface area contributed by atoms with Gasteiger partial charge in [0.2, 0.25) is 10.0 Å². The van der Waals surface area contributed by atoms with Crippen LogP contribution in [-0.4, -0.2) is 58.9 Å². The first-order valence-corrected chi connectivity index (χ1v) is 10.8. The van der Waals surface area contributed by atoms with Crippen molar-refractivity contribution in [1.29, 1.82) is 0 Å². The van der Waals surface area contributed by atoms with Crippen LogP contribution >= 0.6 is 11.6 Å². The fourth-order valence-electron chi connectivity index (χ4n) is 3.31.